The second-order valence-electron chi connectivity index (χ2n) is 3.53. The minimum atomic E-state index is 0.530. The second-order valence-corrected chi connectivity index (χ2v) is 3.89. The van der Waals surface area contributed by atoms with Gasteiger partial charge in [0, 0.05) is 23.0 Å². The summed E-state index contributed by atoms with van der Waals surface area (Å²) in [5.41, 5.74) is 3.88. The Balaban J connectivity index is 2.60. The molecule has 16 heavy (non-hydrogen) atoms. The third kappa shape index (κ3) is 2.04. The number of aromatic nitrogens is 3. The molecule has 2 heterocycles. The van der Waals surface area contributed by atoms with Gasteiger partial charge in [0.25, 0.3) is 0 Å². The summed E-state index contributed by atoms with van der Waals surface area (Å²) in [6.07, 6.45) is 4.09. The van der Waals surface area contributed by atoms with Crippen molar-refractivity contribution in [2.24, 2.45) is 0 Å². The van der Waals surface area contributed by atoms with Gasteiger partial charge in [-0.25, -0.2) is 9.97 Å². The van der Waals surface area contributed by atoms with Gasteiger partial charge < -0.3 is 0 Å². The van der Waals surface area contributed by atoms with Crippen molar-refractivity contribution < 1.29 is 0 Å². The van der Waals surface area contributed by atoms with E-state index < -0.39 is 0 Å². The maximum atomic E-state index is 6.05. The van der Waals surface area contributed by atoms with Crippen molar-refractivity contribution in [2.75, 3.05) is 0 Å². The number of aryl methyl sites for hydroxylation is 1. The zero-order valence-corrected chi connectivity index (χ0v) is 9.99. The molecule has 0 aromatic carbocycles. The summed E-state index contributed by atoms with van der Waals surface area (Å²) >= 11 is 6.05. The zero-order chi connectivity index (χ0) is 11.5. The molecule has 0 aliphatic carbocycles. The van der Waals surface area contributed by atoms with Crippen molar-refractivity contribution in [1.29, 1.82) is 0 Å². The molecule has 2 aromatic rings. The average Bonchev–Trinajstić information content (AvgIpc) is 2.28. The van der Waals surface area contributed by atoms with Crippen molar-refractivity contribution in [3.63, 3.8) is 0 Å². The number of halogens is 1. The van der Waals surface area contributed by atoms with E-state index in [1.54, 1.807) is 6.20 Å². The quantitative estimate of drug-likeness (QED) is 0.749. The standard InChI is InChI=1S/C12H12ClN3/c1-3-10-11(15-7-16-12(10)13)9-4-5-14-8(2)6-9/h4-7H,3H2,1-2H3. The molecule has 0 unspecified atom stereocenters. The molecule has 3 nitrogen and oxygen atoms in total. The summed E-state index contributed by atoms with van der Waals surface area (Å²) in [6, 6.07) is 3.93. The van der Waals surface area contributed by atoms with Crippen LogP contribution in [0.3, 0.4) is 0 Å². The summed E-state index contributed by atoms with van der Waals surface area (Å²) in [7, 11) is 0. The van der Waals surface area contributed by atoms with Gasteiger partial charge in [-0.15, -0.1) is 0 Å². The van der Waals surface area contributed by atoms with E-state index in [-0.39, 0.29) is 0 Å². The predicted octanol–water partition coefficient (Wildman–Crippen LogP) is 3.06. The first kappa shape index (κ1) is 11.0. The highest BCUT2D eigenvalue weighted by Gasteiger charge is 2.09. The predicted molar refractivity (Wildman–Crippen MR) is 64.4 cm³/mol. The van der Waals surface area contributed by atoms with Crippen LogP contribution in [0.15, 0.2) is 24.7 Å². The van der Waals surface area contributed by atoms with Gasteiger partial charge in [0.1, 0.15) is 11.5 Å². The van der Waals surface area contributed by atoms with Crippen LogP contribution in [-0.4, -0.2) is 15.0 Å². The normalized spacial score (nSPS) is 10.4. The summed E-state index contributed by atoms with van der Waals surface area (Å²) in [5.74, 6) is 0. The van der Waals surface area contributed by atoms with Gasteiger partial charge in [-0.05, 0) is 25.5 Å². The van der Waals surface area contributed by atoms with E-state index in [1.165, 1.54) is 6.33 Å². The Morgan fingerprint density at radius 1 is 1.25 bits per heavy atom. The molecule has 2 rings (SSSR count). The fraction of sp³-hybridized carbons (Fsp3) is 0.250. The third-order valence-corrected chi connectivity index (χ3v) is 2.74. The van der Waals surface area contributed by atoms with Crippen molar-refractivity contribution >= 4 is 11.6 Å². The maximum absolute atomic E-state index is 6.05. The Hall–Kier alpha value is -1.48. The van der Waals surface area contributed by atoms with Gasteiger partial charge in [0.15, 0.2) is 0 Å². The van der Waals surface area contributed by atoms with E-state index in [0.29, 0.717) is 5.15 Å². The molecule has 0 atom stereocenters. The van der Waals surface area contributed by atoms with Gasteiger partial charge in [-0.1, -0.05) is 18.5 Å². The number of hydrogen-bond donors (Lipinski definition) is 0. The molecule has 0 N–H and O–H groups in total. The molecule has 0 saturated carbocycles. The number of pyridine rings is 1. The molecule has 0 fully saturated rings. The van der Waals surface area contributed by atoms with Crippen LogP contribution >= 0.6 is 11.6 Å². The van der Waals surface area contributed by atoms with Crippen LogP contribution in [0.1, 0.15) is 18.2 Å². The molecule has 0 aliphatic rings. The van der Waals surface area contributed by atoms with Crippen molar-refractivity contribution in [3.05, 3.63) is 41.1 Å². The van der Waals surface area contributed by atoms with E-state index in [1.807, 2.05) is 26.0 Å². The number of hydrogen-bond acceptors (Lipinski definition) is 3. The van der Waals surface area contributed by atoms with Crippen LogP contribution in [0.25, 0.3) is 11.3 Å². The van der Waals surface area contributed by atoms with Gasteiger partial charge in [0.2, 0.25) is 0 Å². The van der Waals surface area contributed by atoms with Crippen molar-refractivity contribution in [3.8, 4) is 11.3 Å². The Kier molecular flexibility index (Phi) is 3.15. The number of nitrogens with zero attached hydrogens (tertiary/aromatic N) is 3. The Morgan fingerprint density at radius 3 is 2.75 bits per heavy atom. The molecular formula is C12H12ClN3. The summed E-state index contributed by atoms with van der Waals surface area (Å²) in [6.45, 7) is 4.00. The first-order chi connectivity index (χ1) is 7.72. The zero-order valence-electron chi connectivity index (χ0n) is 9.24. The van der Waals surface area contributed by atoms with Gasteiger partial charge in [-0.3, -0.25) is 4.98 Å². The van der Waals surface area contributed by atoms with E-state index in [2.05, 4.69) is 15.0 Å². The Labute approximate surface area is 99.5 Å². The summed E-state index contributed by atoms with van der Waals surface area (Å²) in [5, 5.41) is 0.530. The smallest absolute Gasteiger partial charge is 0.136 e. The first-order valence-corrected chi connectivity index (χ1v) is 5.52. The lowest BCUT2D eigenvalue weighted by Gasteiger charge is -2.07. The molecule has 0 amide bonds. The molecule has 2 aromatic heterocycles. The Morgan fingerprint density at radius 2 is 2.06 bits per heavy atom. The van der Waals surface area contributed by atoms with E-state index in [0.717, 1.165) is 28.9 Å². The van der Waals surface area contributed by atoms with Crippen molar-refractivity contribution in [1.82, 2.24) is 15.0 Å². The fourth-order valence-corrected chi connectivity index (χ4v) is 1.91. The number of rotatable bonds is 2. The van der Waals surface area contributed by atoms with Gasteiger partial charge >= 0.3 is 0 Å². The van der Waals surface area contributed by atoms with Gasteiger partial charge in [0.05, 0.1) is 5.69 Å². The van der Waals surface area contributed by atoms with Crippen LogP contribution in [0, 0.1) is 6.92 Å². The van der Waals surface area contributed by atoms with Crippen LogP contribution < -0.4 is 0 Å². The summed E-state index contributed by atoms with van der Waals surface area (Å²) in [4.78, 5) is 12.5. The molecule has 82 valence electrons. The molecule has 0 bridgehead atoms. The van der Waals surface area contributed by atoms with Crippen LogP contribution in [0.4, 0.5) is 0 Å². The highest BCUT2D eigenvalue weighted by molar-refractivity contribution is 6.30. The van der Waals surface area contributed by atoms with E-state index in [4.69, 9.17) is 11.6 Å². The first-order valence-electron chi connectivity index (χ1n) is 5.14. The lowest BCUT2D eigenvalue weighted by atomic mass is 10.1. The highest BCUT2D eigenvalue weighted by atomic mass is 35.5. The van der Waals surface area contributed by atoms with Crippen LogP contribution in [-0.2, 0) is 6.42 Å². The van der Waals surface area contributed by atoms with E-state index >= 15 is 0 Å². The summed E-state index contributed by atoms with van der Waals surface area (Å²) < 4.78 is 0. The SMILES string of the molecule is CCc1c(Cl)ncnc1-c1ccnc(C)c1. The molecule has 0 spiro atoms. The lowest BCUT2D eigenvalue weighted by Crippen LogP contribution is -1.96. The second kappa shape index (κ2) is 4.58. The average molecular weight is 234 g/mol. The van der Waals surface area contributed by atoms with E-state index in [9.17, 15) is 0 Å². The topological polar surface area (TPSA) is 38.7 Å². The van der Waals surface area contributed by atoms with Crippen LogP contribution in [0.2, 0.25) is 5.15 Å². The largest absolute Gasteiger partial charge is 0.262 e. The lowest BCUT2D eigenvalue weighted by molar-refractivity contribution is 1.05. The molecule has 4 heteroatoms. The highest BCUT2D eigenvalue weighted by Crippen LogP contribution is 2.25. The maximum Gasteiger partial charge on any atom is 0.136 e. The third-order valence-electron chi connectivity index (χ3n) is 2.42. The van der Waals surface area contributed by atoms with Gasteiger partial charge in [-0.2, -0.15) is 0 Å². The minimum absolute atomic E-state index is 0.530. The van der Waals surface area contributed by atoms with Crippen molar-refractivity contribution in [2.45, 2.75) is 20.3 Å². The Bertz CT molecular complexity index is 511. The monoisotopic (exact) mass is 233 g/mol. The molecular weight excluding hydrogens is 222 g/mol. The molecule has 0 aliphatic heterocycles. The van der Waals surface area contributed by atoms with Crippen LogP contribution in [0.5, 0.6) is 0 Å². The fourth-order valence-electron chi connectivity index (χ4n) is 1.65. The minimum Gasteiger partial charge on any atom is -0.262 e. The molecule has 0 saturated heterocycles. The molecule has 0 radical (unpaired) electrons.